The molecule has 1 aromatic carbocycles. The van der Waals surface area contributed by atoms with Gasteiger partial charge in [0, 0.05) is 5.69 Å². The van der Waals surface area contributed by atoms with Crippen molar-refractivity contribution in [2.45, 2.75) is 13.8 Å². The van der Waals surface area contributed by atoms with Crippen LogP contribution >= 0.6 is 11.3 Å². The summed E-state index contributed by atoms with van der Waals surface area (Å²) in [5.41, 5.74) is 9.14. The first-order valence-corrected chi connectivity index (χ1v) is 5.52. The topological polar surface area (TPSA) is 50.9 Å². The molecule has 2 aromatic rings. The second-order valence-corrected chi connectivity index (χ2v) is 4.57. The van der Waals surface area contributed by atoms with E-state index in [9.17, 15) is 0 Å². The van der Waals surface area contributed by atoms with Crippen molar-refractivity contribution in [3.8, 4) is 0 Å². The third kappa shape index (κ3) is 2.27. The largest absolute Gasteiger partial charge is 0.389 e. The van der Waals surface area contributed by atoms with Crippen molar-refractivity contribution in [2.75, 3.05) is 11.1 Å². The van der Waals surface area contributed by atoms with Gasteiger partial charge in [-0.15, -0.1) is 0 Å². The smallest absolute Gasteiger partial charge is 0.189 e. The van der Waals surface area contributed by atoms with E-state index in [1.165, 1.54) is 22.5 Å². The van der Waals surface area contributed by atoms with Crippen LogP contribution in [0.15, 0.2) is 24.4 Å². The molecule has 3 N–H and O–H groups in total. The van der Waals surface area contributed by atoms with Crippen LogP contribution < -0.4 is 11.1 Å². The third-order valence-electron chi connectivity index (χ3n) is 2.16. The normalized spacial score (nSPS) is 10.3. The van der Waals surface area contributed by atoms with Crippen LogP contribution in [0.2, 0.25) is 0 Å². The third-order valence-corrected chi connectivity index (χ3v) is 2.90. The van der Waals surface area contributed by atoms with E-state index in [2.05, 4.69) is 42.3 Å². The molecule has 0 radical (unpaired) electrons. The summed E-state index contributed by atoms with van der Waals surface area (Å²) in [5.74, 6) is 0. The van der Waals surface area contributed by atoms with Crippen LogP contribution in [-0.2, 0) is 0 Å². The molecule has 0 aliphatic heterocycles. The molecular weight excluding hydrogens is 206 g/mol. The van der Waals surface area contributed by atoms with Crippen LogP contribution in [0.3, 0.4) is 0 Å². The second kappa shape index (κ2) is 3.90. The van der Waals surface area contributed by atoms with Crippen LogP contribution in [0, 0.1) is 13.8 Å². The fourth-order valence-electron chi connectivity index (χ4n) is 1.33. The molecule has 4 heteroatoms. The summed E-state index contributed by atoms with van der Waals surface area (Å²) in [6, 6.07) is 6.29. The summed E-state index contributed by atoms with van der Waals surface area (Å²) in [4.78, 5) is 4.16. The highest BCUT2D eigenvalue weighted by atomic mass is 32.1. The lowest BCUT2D eigenvalue weighted by atomic mass is 10.1. The number of nitrogen functional groups attached to an aromatic ring is 1. The minimum atomic E-state index is 0.725. The molecule has 0 aliphatic rings. The van der Waals surface area contributed by atoms with Crippen LogP contribution in [0.1, 0.15) is 11.1 Å². The van der Waals surface area contributed by atoms with E-state index in [1.807, 2.05) is 0 Å². The van der Waals surface area contributed by atoms with E-state index in [1.54, 1.807) is 6.20 Å². The SMILES string of the molecule is Cc1ccc(C)c(Nc2ncc(N)s2)c1. The molecule has 0 atom stereocenters. The summed E-state index contributed by atoms with van der Waals surface area (Å²) in [7, 11) is 0. The van der Waals surface area contributed by atoms with Gasteiger partial charge >= 0.3 is 0 Å². The van der Waals surface area contributed by atoms with Crippen LogP contribution in [0.25, 0.3) is 0 Å². The summed E-state index contributed by atoms with van der Waals surface area (Å²) in [6.45, 7) is 4.14. The van der Waals surface area contributed by atoms with E-state index in [0.29, 0.717) is 0 Å². The van der Waals surface area contributed by atoms with Crippen molar-refractivity contribution in [1.82, 2.24) is 4.98 Å². The number of hydrogen-bond acceptors (Lipinski definition) is 4. The van der Waals surface area contributed by atoms with E-state index in [-0.39, 0.29) is 0 Å². The number of rotatable bonds is 2. The molecule has 0 amide bonds. The van der Waals surface area contributed by atoms with Gasteiger partial charge < -0.3 is 11.1 Å². The van der Waals surface area contributed by atoms with Gasteiger partial charge in [0.05, 0.1) is 6.20 Å². The van der Waals surface area contributed by atoms with Gasteiger partial charge in [-0.25, -0.2) is 4.98 Å². The molecule has 0 saturated heterocycles. The zero-order valence-corrected chi connectivity index (χ0v) is 9.56. The Morgan fingerprint density at radius 2 is 2.13 bits per heavy atom. The van der Waals surface area contributed by atoms with Gasteiger partial charge in [0.15, 0.2) is 5.13 Å². The summed E-state index contributed by atoms with van der Waals surface area (Å²) < 4.78 is 0. The molecular formula is C11H13N3S. The molecule has 0 aliphatic carbocycles. The van der Waals surface area contributed by atoms with E-state index >= 15 is 0 Å². The Kier molecular flexibility index (Phi) is 2.60. The van der Waals surface area contributed by atoms with E-state index in [0.717, 1.165) is 15.8 Å². The Morgan fingerprint density at radius 1 is 1.33 bits per heavy atom. The van der Waals surface area contributed by atoms with Crippen molar-refractivity contribution in [3.05, 3.63) is 35.5 Å². The van der Waals surface area contributed by atoms with Crippen LogP contribution in [0.5, 0.6) is 0 Å². The first kappa shape index (κ1) is 9.98. The lowest BCUT2D eigenvalue weighted by molar-refractivity contribution is 1.34. The maximum Gasteiger partial charge on any atom is 0.189 e. The lowest BCUT2D eigenvalue weighted by Crippen LogP contribution is -1.92. The molecule has 15 heavy (non-hydrogen) atoms. The molecule has 2 rings (SSSR count). The quantitative estimate of drug-likeness (QED) is 0.816. The van der Waals surface area contributed by atoms with Gasteiger partial charge in [0.1, 0.15) is 5.00 Å². The minimum Gasteiger partial charge on any atom is -0.389 e. The molecule has 78 valence electrons. The summed E-state index contributed by atoms with van der Waals surface area (Å²) in [6.07, 6.45) is 1.66. The number of thiazole rings is 1. The van der Waals surface area contributed by atoms with Crippen LogP contribution in [-0.4, -0.2) is 4.98 Å². The number of nitrogens with zero attached hydrogens (tertiary/aromatic N) is 1. The number of hydrogen-bond donors (Lipinski definition) is 2. The maximum atomic E-state index is 5.62. The fraction of sp³-hybridized carbons (Fsp3) is 0.182. The zero-order valence-electron chi connectivity index (χ0n) is 8.74. The molecule has 1 aromatic heterocycles. The fourth-order valence-corrected chi connectivity index (χ4v) is 1.93. The van der Waals surface area contributed by atoms with Crippen molar-refractivity contribution >= 4 is 27.2 Å². The Balaban J connectivity index is 2.27. The summed E-state index contributed by atoms with van der Waals surface area (Å²) >= 11 is 1.45. The number of aromatic nitrogens is 1. The first-order chi connectivity index (χ1) is 7.15. The van der Waals surface area contributed by atoms with Gasteiger partial charge in [-0.2, -0.15) is 0 Å². The summed E-state index contributed by atoms with van der Waals surface area (Å²) in [5, 5.41) is 4.82. The molecule has 0 spiro atoms. The Hall–Kier alpha value is -1.55. The highest BCUT2D eigenvalue weighted by Crippen LogP contribution is 2.26. The number of nitrogens with one attached hydrogen (secondary N) is 1. The molecule has 0 unspecified atom stereocenters. The lowest BCUT2D eigenvalue weighted by Gasteiger charge is -2.07. The maximum absolute atomic E-state index is 5.62. The first-order valence-electron chi connectivity index (χ1n) is 4.71. The van der Waals surface area contributed by atoms with Crippen LogP contribution in [0.4, 0.5) is 15.8 Å². The molecule has 0 fully saturated rings. The van der Waals surface area contributed by atoms with Gasteiger partial charge in [0.2, 0.25) is 0 Å². The molecule has 3 nitrogen and oxygen atoms in total. The number of anilines is 3. The average Bonchev–Trinajstić information content (AvgIpc) is 2.58. The van der Waals surface area contributed by atoms with E-state index in [4.69, 9.17) is 5.73 Å². The van der Waals surface area contributed by atoms with Gasteiger partial charge in [-0.1, -0.05) is 23.5 Å². The van der Waals surface area contributed by atoms with Gasteiger partial charge in [-0.05, 0) is 31.0 Å². The molecule has 1 heterocycles. The van der Waals surface area contributed by atoms with Crippen molar-refractivity contribution < 1.29 is 0 Å². The second-order valence-electron chi connectivity index (χ2n) is 3.51. The van der Waals surface area contributed by atoms with E-state index < -0.39 is 0 Å². The molecule has 0 bridgehead atoms. The monoisotopic (exact) mass is 219 g/mol. The average molecular weight is 219 g/mol. The number of benzene rings is 1. The van der Waals surface area contributed by atoms with Crippen molar-refractivity contribution in [1.29, 1.82) is 0 Å². The minimum absolute atomic E-state index is 0.725. The highest BCUT2D eigenvalue weighted by Gasteiger charge is 2.02. The Bertz CT molecular complexity index is 476. The zero-order chi connectivity index (χ0) is 10.8. The predicted octanol–water partition coefficient (Wildman–Crippen LogP) is 3.09. The number of nitrogens with two attached hydrogens (primary N) is 1. The van der Waals surface area contributed by atoms with Crippen molar-refractivity contribution in [3.63, 3.8) is 0 Å². The Morgan fingerprint density at radius 3 is 2.80 bits per heavy atom. The van der Waals surface area contributed by atoms with Gasteiger partial charge in [-0.3, -0.25) is 0 Å². The standard InChI is InChI=1S/C11H13N3S/c1-7-3-4-8(2)9(5-7)14-11-13-6-10(12)15-11/h3-6H,12H2,1-2H3,(H,13,14). The Labute approximate surface area is 93.0 Å². The highest BCUT2D eigenvalue weighted by molar-refractivity contribution is 7.19. The van der Waals surface area contributed by atoms with Gasteiger partial charge in [0.25, 0.3) is 0 Å². The predicted molar refractivity (Wildman–Crippen MR) is 65.7 cm³/mol. The molecule has 0 saturated carbocycles. The van der Waals surface area contributed by atoms with Crippen molar-refractivity contribution in [2.24, 2.45) is 0 Å². The number of aryl methyl sites for hydroxylation is 2.